The summed E-state index contributed by atoms with van der Waals surface area (Å²) in [6.07, 6.45) is -2.08. The highest BCUT2D eigenvalue weighted by Crippen LogP contribution is 2.36. The maximum absolute atomic E-state index is 13.6. The molecule has 0 bridgehead atoms. The van der Waals surface area contributed by atoms with Crippen LogP contribution in [0.5, 0.6) is 0 Å². The number of amides is 2. The molecule has 2 aromatic rings. The molecule has 1 fully saturated rings. The average molecular weight is 580 g/mol. The van der Waals surface area contributed by atoms with Gasteiger partial charge in [0, 0.05) is 22.7 Å². The van der Waals surface area contributed by atoms with Gasteiger partial charge in [-0.05, 0) is 35.9 Å². The van der Waals surface area contributed by atoms with Crippen LogP contribution in [-0.2, 0) is 26.0 Å². The third kappa shape index (κ3) is 5.03. The Labute approximate surface area is 220 Å². The van der Waals surface area contributed by atoms with Crippen LogP contribution in [-0.4, -0.2) is 65.9 Å². The molecule has 2 aliphatic heterocycles. The largest absolute Gasteiger partial charge is 0.318 e. The molecule has 192 valence electrons. The van der Waals surface area contributed by atoms with Crippen molar-refractivity contribution in [3.63, 3.8) is 0 Å². The molecule has 2 aromatic carbocycles. The Morgan fingerprint density at radius 1 is 1.00 bits per heavy atom. The van der Waals surface area contributed by atoms with Crippen molar-refractivity contribution in [1.29, 1.82) is 0 Å². The molecule has 2 aliphatic rings. The lowest BCUT2D eigenvalue weighted by Gasteiger charge is -2.47. The summed E-state index contributed by atoms with van der Waals surface area (Å²) in [5.74, 6) is -1.82. The Bertz CT molecular complexity index is 1340. The van der Waals surface area contributed by atoms with E-state index in [2.05, 4.69) is 0 Å². The number of fused-ring (bicyclic) bond motifs is 1. The smallest absolute Gasteiger partial charge is 0.267 e. The maximum atomic E-state index is 13.6. The van der Waals surface area contributed by atoms with Gasteiger partial charge in [-0.15, -0.1) is 0 Å². The minimum absolute atomic E-state index is 0.0961. The zero-order valence-corrected chi connectivity index (χ0v) is 21.4. The minimum Gasteiger partial charge on any atom is -0.318 e. The lowest BCUT2D eigenvalue weighted by atomic mass is 9.99. The maximum Gasteiger partial charge on any atom is 0.267 e. The van der Waals surface area contributed by atoms with E-state index in [1.807, 2.05) is 0 Å². The molecule has 0 radical (unpaired) electrons. The van der Waals surface area contributed by atoms with E-state index in [0.29, 0.717) is 15.5 Å². The molecule has 0 saturated carbocycles. The molecular formula is C22H19Cl3F2N4O4S. The number of hydrogen-bond donors (Lipinski definition) is 1. The van der Waals surface area contributed by atoms with Crippen LogP contribution in [0.4, 0.5) is 8.78 Å². The van der Waals surface area contributed by atoms with E-state index in [0.717, 1.165) is 15.4 Å². The fourth-order valence-electron chi connectivity index (χ4n) is 4.04. The molecule has 2 N–H and O–H groups in total. The van der Waals surface area contributed by atoms with Gasteiger partial charge in [0.25, 0.3) is 16.4 Å². The Kier molecular flexibility index (Phi) is 7.50. The predicted octanol–water partition coefficient (Wildman–Crippen LogP) is 3.32. The highest BCUT2D eigenvalue weighted by atomic mass is 35.5. The zero-order chi connectivity index (χ0) is 26.4. The second-order valence-corrected chi connectivity index (χ2v) is 11.3. The van der Waals surface area contributed by atoms with Crippen molar-refractivity contribution in [2.45, 2.75) is 29.8 Å². The van der Waals surface area contributed by atoms with Crippen LogP contribution in [0.1, 0.15) is 5.56 Å². The van der Waals surface area contributed by atoms with E-state index < -0.39 is 53.4 Å². The van der Waals surface area contributed by atoms with Gasteiger partial charge in [-0.25, -0.2) is 21.5 Å². The number of rotatable bonds is 6. The van der Waals surface area contributed by atoms with Crippen LogP contribution in [0.2, 0.25) is 15.1 Å². The predicted molar refractivity (Wildman–Crippen MR) is 130 cm³/mol. The summed E-state index contributed by atoms with van der Waals surface area (Å²) < 4.78 is 54.8. The number of hydrogen-bond acceptors (Lipinski definition) is 5. The average Bonchev–Trinajstić information content (AvgIpc) is 2.79. The van der Waals surface area contributed by atoms with Crippen molar-refractivity contribution in [3.05, 3.63) is 75.1 Å². The van der Waals surface area contributed by atoms with E-state index in [1.165, 1.54) is 18.2 Å². The standard InChI is InChI=1S/C22H19Cl3F2N4O4S/c23-13-3-1-12(2-4-13)7-17-22(33)29(10-19(26)27)11-20-30(9-16(28)21(32)31(17)20)36(34,35)18-6-5-14(24)8-15(18)25/h1-6,8,11,16-17,19H,7,9-10,28H2. The molecule has 2 unspecified atom stereocenters. The van der Waals surface area contributed by atoms with Crippen molar-refractivity contribution in [3.8, 4) is 0 Å². The van der Waals surface area contributed by atoms with Gasteiger partial charge in [0.1, 0.15) is 22.8 Å². The molecule has 8 nitrogen and oxygen atoms in total. The lowest BCUT2D eigenvalue weighted by molar-refractivity contribution is -0.149. The molecule has 0 spiro atoms. The molecule has 14 heteroatoms. The first-order valence-electron chi connectivity index (χ1n) is 10.5. The van der Waals surface area contributed by atoms with Gasteiger partial charge in [-0.3, -0.25) is 14.5 Å². The molecule has 2 amide bonds. The van der Waals surface area contributed by atoms with Gasteiger partial charge in [0.2, 0.25) is 11.8 Å². The zero-order valence-electron chi connectivity index (χ0n) is 18.3. The summed E-state index contributed by atoms with van der Waals surface area (Å²) in [6.45, 7) is -1.49. The van der Waals surface area contributed by atoms with Crippen molar-refractivity contribution in [2.24, 2.45) is 5.73 Å². The fraction of sp³-hybridized carbons (Fsp3) is 0.273. The van der Waals surface area contributed by atoms with E-state index in [1.54, 1.807) is 24.3 Å². The fourth-order valence-corrected chi connectivity index (χ4v) is 6.39. The molecule has 4 rings (SSSR count). The molecule has 0 aliphatic carbocycles. The Balaban J connectivity index is 1.84. The number of carbonyl (C=O) groups is 2. The van der Waals surface area contributed by atoms with E-state index >= 15 is 0 Å². The summed E-state index contributed by atoms with van der Waals surface area (Å²) >= 11 is 18.0. The summed E-state index contributed by atoms with van der Waals surface area (Å²) in [5, 5.41) is 0.440. The minimum atomic E-state index is -4.45. The number of carbonyl (C=O) groups excluding carboxylic acids is 2. The highest BCUT2D eigenvalue weighted by molar-refractivity contribution is 7.89. The second kappa shape index (κ2) is 10.1. The number of halogens is 5. The first kappa shape index (κ1) is 26.6. The molecule has 0 aromatic heterocycles. The molecule has 2 atom stereocenters. The third-order valence-corrected chi connectivity index (χ3v) is 8.45. The number of benzene rings is 2. The van der Waals surface area contributed by atoms with Crippen LogP contribution in [0, 0.1) is 0 Å². The monoisotopic (exact) mass is 578 g/mol. The normalized spacial score (nSPS) is 20.6. The molecule has 1 saturated heterocycles. The number of nitrogens with two attached hydrogens (primary N) is 1. The van der Waals surface area contributed by atoms with Crippen LogP contribution in [0.25, 0.3) is 0 Å². The number of nitrogens with zero attached hydrogens (tertiary/aromatic N) is 3. The van der Waals surface area contributed by atoms with Crippen LogP contribution in [0.3, 0.4) is 0 Å². The van der Waals surface area contributed by atoms with E-state index in [-0.39, 0.29) is 27.2 Å². The summed E-state index contributed by atoms with van der Waals surface area (Å²) in [6, 6.07) is 7.44. The van der Waals surface area contributed by atoms with Gasteiger partial charge in [0.15, 0.2) is 0 Å². The van der Waals surface area contributed by atoms with Crippen LogP contribution < -0.4 is 5.73 Å². The van der Waals surface area contributed by atoms with Gasteiger partial charge in [0.05, 0.1) is 18.1 Å². The third-order valence-electron chi connectivity index (χ3n) is 5.71. The Morgan fingerprint density at radius 2 is 1.64 bits per heavy atom. The van der Waals surface area contributed by atoms with Crippen molar-refractivity contribution in [2.75, 3.05) is 13.1 Å². The van der Waals surface area contributed by atoms with Crippen LogP contribution in [0.15, 0.2) is 59.4 Å². The van der Waals surface area contributed by atoms with Crippen molar-refractivity contribution >= 4 is 56.6 Å². The van der Waals surface area contributed by atoms with Gasteiger partial charge in [-0.2, -0.15) is 0 Å². The van der Waals surface area contributed by atoms with Gasteiger partial charge < -0.3 is 10.6 Å². The second-order valence-electron chi connectivity index (χ2n) is 8.14. The highest BCUT2D eigenvalue weighted by Gasteiger charge is 2.49. The van der Waals surface area contributed by atoms with E-state index in [9.17, 15) is 26.8 Å². The van der Waals surface area contributed by atoms with Gasteiger partial charge in [-0.1, -0.05) is 46.9 Å². The molecule has 36 heavy (non-hydrogen) atoms. The Morgan fingerprint density at radius 3 is 2.25 bits per heavy atom. The summed E-state index contributed by atoms with van der Waals surface area (Å²) in [4.78, 5) is 27.7. The lowest BCUT2D eigenvalue weighted by Crippen LogP contribution is -2.66. The topological polar surface area (TPSA) is 104 Å². The summed E-state index contributed by atoms with van der Waals surface area (Å²) in [5.41, 5.74) is 6.58. The van der Waals surface area contributed by atoms with Crippen LogP contribution >= 0.6 is 34.8 Å². The van der Waals surface area contributed by atoms with Crippen molar-refractivity contribution < 1.29 is 26.8 Å². The van der Waals surface area contributed by atoms with Crippen molar-refractivity contribution in [1.82, 2.24) is 14.1 Å². The first-order valence-corrected chi connectivity index (χ1v) is 13.1. The molecule has 2 heterocycles. The van der Waals surface area contributed by atoms with E-state index in [4.69, 9.17) is 40.5 Å². The number of alkyl halides is 2. The van der Waals surface area contributed by atoms with Gasteiger partial charge >= 0.3 is 0 Å². The quantitative estimate of drug-likeness (QED) is 0.566. The molecular weight excluding hydrogens is 561 g/mol. The SMILES string of the molecule is NC1CN(S(=O)(=O)c2ccc(Cl)cc2Cl)C2=CN(CC(F)F)C(=O)C(Cc3ccc(Cl)cc3)N2C1=O. The summed E-state index contributed by atoms with van der Waals surface area (Å²) in [7, 11) is -4.45. The Hall–Kier alpha value is -2.44. The number of sulfonamides is 1. The first-order chi connectivity index (χ1) is 16.9.